The Balaban J connectivity index is 1.69. The Kier molecular flexibility index (Phi) is 8.22. The number of aryl methyl sites for hydroxylation is 2. The van der Waals surface area contributed by atoms with Crippen LogP contribution in [0.15, 0.2) is 35.6 Å². The maximum atomic E-state index is 12.8. The number of carbonyl (C=O) groups excluding carboxylic acids is 2. The van der Waals surface area contributed by atoms with Gasteiger partial charge in [-0.15, -0.1) is 0 Å². The molecule has 0 aliphatic carbocycles. The van der Waals surface area contributed by atoms with Crippen LogP contribution in [-0.4, -0.2) is 33.4 Å². The lowest BCUT2D eigenvalue weighted by Crippen LogP contribution is -2.15. The molecule has 0 saturated heterocycles. The van der Waals surface area contributed by atoms with Gasteiger partial charge in [0.05, 0.1) is 23.5 Å². The van der Waals surface area contributed by atoms with Crippen LogP contribution in [-0.2, 0) is 10.5 Å². The Morgan fingerprint density at radius 2 is 2.03 bits per heavy atom. The van der Waals surface area contributed by atoms with Gasteiger partial charge in [0.1, 0.15) is 4.88 Å². The van der Waals surface area contributed by atoms with E-state index < -0.39 is 11.9 Å². The van der Waals surface area contributed by atoms with E-state index in [2.05, 4.69) is 26.3 Å². The van der Waals surface area contributed by atoms with Gasteiger partial charge in [0.25, 0.3) is 5.91 Å². The summed E-state index contributed by atoms with van der Waals surface area (Å²) >= 11 is 8.63. The summed E-state index contributed by atoms with van der Waals surface area (Å²) in [6.45, 7) is 7.95. The first-order valence-electron chi connectivity index (χ1n) is 9.89. The fraction of sp³-hybridized carbons (Fsp3) is 0.318. The molecule has 0 aliphatic heterocycles. The second-order valence-electron chi connectivity index (χ2n) is 7.51. The Morgan fingerprint density at radius 1 is 1.25 bits per heavy atom. The van der Waals surface area contributed by atoms with Crippen LogP contribution in [0.5, 0.6) is 0 Å². The highest BCUT2D eigenvalue weighted by Gasteiger charge is 2.21. The predicted molar refractivity (Wildman–Crippen MR) is 128 cm³/mol. The molecule has 2 heterocycles. The van der Waals surface area contributed by atoms with E-state index in [9.17, 15) is 9.59 Å². The first-order chi connectivity index (χ1) is 15.2. The van der Waals surface area contributed by atoms with Crippen molar-refractivity contribution in [1.82, 2.24) is 15.0 Å². The molecular formula is C22H23ClN4O3S2. The van der Waals surface area contributed by atoms with Crippen LogP contribution in [0, 0.1) is 19.8 Å². The van der Waals surface area contributed by atoms with Crippen molar-refractivity contribution in [3.8, 4) is 0 Å². The quantitative estimate of drug-likeness (QED) is 0.251. The van der Waals surface area contributed by atoms with Crippen LogP contribution in [0.4, 0.5) is 5.13 Å². The molecule has 10 heteroatoms. The molecule has 0 aliphatic rings. The van der Waals surface area contributed by atoms with Crippen LogP contribution in [0.25, 0.3) is 0 Å². The Hall–Kier alpha value is -2.49. The number of halogens is 1. The number of aromatic nitrogens is 3. The van der Waals surface area contributed by atoms with Crippen LogP contribution in [0.1, 0.15) is 50.8 Å². The molecular weight excluding hydrogens is 468 g/mol. The number of anilines is 1. The van der Waals surface area contributed by atoms with Gasteiger partial charge in [-0.05, 0) is 25.3 Å². The van der Waals surface area contributed by atoms with Gasteiger partial charge < -0.3 is 4.74 Å². The van der Waals surface area contributed by atoms with Gasteiger partial charge in [0.15, 0.2) is 16.0 Å². The van der Waals surface area contributed by atoms with Gasteiger partial charge >= 0.3 is 5.97 Å². The van der Waals surface area contributed by atoms with E-state index in [4.69, 9.17) is 16.3 Å². The van der Waals surface area contributed by atoms with Crippen molar-refractivity contribution in [2.75, 3.05) is 11.9 Å². The number of hydrogen-bond donors (Lipinski definition) is 1. The first kappa shape index (κ1) is 24.2. The normalized spacial score (nSPS) is 10.9. The summed E-state index contributed by atoms with van der Waals surface area (Å²) in [6.07, 6.45) is 1.41. The van der Waals surface area contributed by atoms with Gasteiger partial charge in [-0.2, -0.15) is 0 Å². The van der Waals surface area contributed by atoms with Crippen molar-refractivity contribution in [2.45, 2.75) is 38.6 Å². The number of thioether (sulfide) groups is 1. The highest BCUT2D eigenvalue weighted by Crippen LogP contribution is 2.26. The molecule has 3 aromatic rings. The molecule has 1 aromatic carbocycles. The number of rotatable bonds is 8. The van der Waals surface area contributed by atoms with Gasteiger partial charge in [0, 0.05) is 5.75 Å². The fourth-order valence-electron chi connectivity index (χ4n) is 2.63. The number of nitrogens with zero attached hydrogens (tertiary/aromatic N) is 3. The molecule has 7 nitrogen and oxygen atoms in total. The molecule has 1 N–H and O–H groups in total. The van der Waals surface area contributed by atoms with E-state index in [0.29, 0.717) is 28.1 Å². The van der Waals surface area contributed by atoms with Crippen LogP contribution >= 0.6 is 34.7 Å². The summed E-state index contributed by atoms with van der Waals surface area (Å²) in [7, 11) is 0. The van der Waals surface area contributed by atoms with Crippen LogP contribution in [0.3, 0.4) is 0 Å². The molecule has 3 rings (SSSR count). The lowest BCUT2D eigenvalue weighted by molar-refractivity contribution is 0.0463. The maximum Gasteiger partial charge on any atom is 0.350 e. The van der Waals surface area contributed by atoms with Crippen molar-refractivity contribution in [1.29, 1.82) is 0 Å². The summed E-state index contributed by atoms with van der Waals surface area (Å²) in [5.74, 6) is -0.0864. The number of nitrogens with one attached hydrogen (secondary N) is 1. The van der Waals surface area contributed by atoms with E-state index in [1.54, 1.807) is 6.92 Å². The van der Waals surface area contributed by atoms with Crippen molar-refractivity contribution in [2.24, 2.45) is 5.92 Å². The van der Waals surface area contributed by atoms with Crippen molar-refractivity contribution < 1.29 is 14.3 Å². The minimum atomic E-state index is -0.523. The maximum absolute atomic E-state index is 12.8. The smallest absolute Gasteiger partial charge is 0.350 e. The molecule has 1 amide bonds. The summed E-state index contributed by atoms with van der Waals surface area (Å²) in [6, 6.07) is 8.14. The van der Waals surface area contributed by atoms with Crippen LogP contribution < -0.4 is 5.32 Å². The zero-order chi connectivity index (χ0) is 23.3. The molecule has 0 spiro atoms. The number of benzene rings is 1. The Morgan fingerprint density at radius 3 is 2.75 bits per heavy atom. The number of thiazole rings is 1. The zero-order valence-electron chi connectivity index (χ0n) is 18.1. The molecule has 0 fully saturated rings. The Labute approximate surface area is 200 Å². The van der Waals surface area contributed by atoms with Crippen molar-refractivity contribution in [3.05, 3.63) is 62.9 Å². The van der Waals surface area contributed by atoms with Gasteiger partial charge in [-0.25, -0.2) is 19.7 Å². The zero-order valence-corrected chi connectivity index (χ0v) is 20.5. The lowest BCUT2D eigenvalue weighted by atomic mass is 10.2. The minimum Gasteiger partial charge on any atom is -0.461 e. The third-order valence-corrected chi connectivity index (χ3v) is 6.40. The molecule has 0 saturated carbocycles. The van der Waals surface area contributed by atoms with Gasteiger partial charge in [-0.1, -0.05) is 78.4 Å². The van der Waals surface area contributed by atoms with E-state index in [1.807, 2.05) is 39.0 Å². The standard InChI is InChI=1S/C22H23ClN4O3S2/c1-12(2)10-30-20(29)18-14(4)25-22(32-18)27-19(28)17-16(23)9-24-21(26-17)31-11-15-7-5-6-13(3)8-15/h5-9,12H,10-11H2,1-4H3,(H,25,27,28). The number of amides is 1. The highest BCUT2D eigenvalue weighted by molar-refractivity contribution is 7.98. The summed E-state index contributed by atoms with van der Waals surface area (Å²) in [4.78, 5) is 38.1. The van der Waals surface area contributed by atoms with Crippen LogP contribution in [0.2, 0.25) is 5.02 Å². The Bertz CT molecular complexity index is 1130. The number of carbonyl (C=O) groups is 2. The predicted octanol–water partition coefficient (Wildman–Crippen LogP) is 5.56. The van der Waals surface area contributed by atoms with Crippen molar-refractivity contribution in [3.63, 3.8) is 0 Å². The molecule has 2 aromatic heterocycles. The molecule has 0 bridgehead atoms. The second-order valence-corrected chi connectivity index (χ2v) is 9.86. The molecule has 0 atom stereocenters. The lowest BCUT2D eigenvalue weighted by Gasteiger charge is -2.06. The van der Waals surface area contributed by atoms with Crippen molar-refractivity contribution >= 4 is 51.7 Å². The third-order valence-electron chi connectivity index (χ3n) is 4.14. The highest BCUT2D eigenvalue weighted by atomic mass is 35.5. The number of esters is 1. The van der Waals surface area contributed by atoms with E-state index in [1.165, 1.54) is 23.5 Å². The molecule has 32 heavy (non-hydrogen) atoms. The average molecular weight is 491 g/mol. The first-order valence-corrected chi connectivity index (χ1v) is 12.1. The third kappa shape index (κ3) is 6.51. The fourth-order valence-corrected chi connectivity index (χ4v) is 4.42. The number of hydrogen-bond acceptors (Lipinski definition) is 8. The summed E-state index contributed by atoms with van der Waals surface area (Å²) < 4.78 is 5.25. The second kappa shape index (κ2) is 10.9. The molecule has 0 unspecified atom stereocenters. The SMILES string of the molecule is Cc1cccc(CSc2ncc(Cl)c(C(=O)Nc3nc(C)c(C(=O)OCC(C)C)s3)n2)c1. The minimum absolute atomic E-state index is 0.0465. The van der Waals surface area contributed by atoms with E-state index in [0.717, 1.165) is 16.9 Å². The van der Waals surface area contributed by atoms with E-state index >= 15 is 0 Å². The average Bonchev–Trinajstić information content (AvgIpc) is 3.11. The molecule has 168 valence electrons. The van der Waals surface area contributed by atoms with E-state index in [-0.39, 0.29) is 21.8 Å². The largest absolute Gasteiger partial charge is 0.461 e. The summed E-state index contributed by atoms with van der Waals surface area (Å²) in [5.41, 5.74) is 2.84. The van der Waals surface area contributed by atoms with Gasteiger partial charge in [-0.3, -0.25) is 10.1 Å². The monoisotopic (exact) mass is 490 g/mol. The number of ether oxygens (including phenoxy) is 1. The topological polar surface area (TPSA) is 94.1 Å². The molecule has 0 radical (unpaired) electrons. The summed E-state index contributed by atoms with van der Waals surface area (Å²) in [5, 5.41) is 3.51. The van der Waals surface area contributed by atoms with Gasteiger partial charge in [0.2, 0.25) is 0 Å².